The number of pyridine rings is 3. The Hall–Kier alpha value is -3.61. The first kappa shape index (κ1) is 19.2. The van der Waals surface area contributed by atoms with E-state index in [1.165, 1.54) is 12.3 Å². The van der Waals surface area contributed by atoms with E-state index in [1.807, 2.05) is 24.3 Å². The maximum Gasteiger partial charge on any atom is 0.270 e. The van der Waals surface area contributed by atoms with E-state index in [9.17, 15) is 9.59 Å². The molecule has 0 saturated carbocycles. The summed E-state index contributed by atoms with van der Waals surface area (Å²) < 4.78 is 0. The number of amides is 2. The minimum atomic E-state index is -0.328. The molecule has 0 aliphatic carbocycles. The molecule has 0 atom stereocenters. The first-order valence-corrected chi connectivity index (χ1v) is 8.91. The van der Waals surface area contributed by atoms with Crippen molar-refractivity contribution in [3.05, 3.63) is 89.8 Å². The quantitative estimate of drug-likeness (QED) is 0.683. The summed E-state index contributed by atoms with van der Waals surface area (Å²) in [6.45, 7) is 0.932. The third kappa shape index (κ3) is 5.20. The van der Waals surface area contributed by atoms with Crippen molar-refractivity contribution in [2.75, 3.05) is 13.6 Å². The molecule has 0 aromatic carbocycles. The molecule has 0 bridgehead atoms. The number of nitrogens with zero attached hydrogens (tertiary/aromatic N) is 4. The monoisotopic (exact) mass is 375 g/mol. The maximum atomic E-state index is 12.7. The number of hydrogen-bond donors (Lipinski definition) is 1. The molecule has 3 aromatic rings. The summed E-state index contributed by atoms with van der Waals surface area (Å²) in [6.07, 6.45) is 9.01. The van der Waals surface area contributed by atoms with Crippen LogP contribution in [0.15, 0.2) is 67.4 Å². The van der Waals surface area contributed by atoms with Crippen LogP contribution in [0, 0.1) is 0 Å². The molecule has 0 spiro atoms. The Kier molecular flexibility index (Phi) is 6.41. The molecule has 0 unspecified atom stereocenters. The Bertz CT molecular complexity index is 932. The number of rotatable bonds is 7. The third-order valence-electron chi connectivity index (χ3n) is 4.27. The highest BCUT2D eigenvalue weighted by Crippen LogP contribution is 2.08. The van der Waals surface area contributed by atoms with Gasteiger partial charge in [0.25, 0.3) is 11.8 Å². The van der Waals surface area contributed by atoms with Gasteiger partial charge in [-0.15, -0.1) is 0 Å². The van der Waals surface area contributed by atoms with Crippen molar-refractivity contribution in [2.45, 2.75) is 13.0 Å². The van der Waals surface area contributed by atoms with Crippen molar-refractivity contribution in [1.29, 1.82) is 0 Å². The lowest BCUT2D eigenvalue weighted by molar-refractivity contribution is 0.0796. The zero-order valence-electron chi connectivity index (χ0n) is 15.6. The van der Waals surface area contributed by atoms with Crippen LogP contribution in [0.2, 0.25) is 0 Å². The summed E-state index contributed by atoms with van der Waals surface area (Å²) in [5, 5.41) is 2.80. The molecule has 2 amide bonds. The Balaban J connectivity index is 1.59. The first-order chi connectivity index (χ1) is 13.6. The molecule has 3 aromatic heterocycles. The summed E-state index contributed by atoms with van der Waals surface area (Å²) >= 11 is 0. The Labute approximate surface area is 163 Å². The summed E-state index contributed by atoms with van der Waals surface area (Å²) in [4.78, 5) is 38.7. The largest absolute Gasteiger partial charge is 0.347 e. The number of likely N-dealkylation sites (N-methyl/N-ethyl adjacent to an activating group) is 1. The molecule has 0 saturated heterocycles. The van der Waals surface area contributed by atoms with Gasteiger partial charge in [0.2, 0.25) is 0 Å². The first-order valence-electron chi connectivity index (χ1n) is 8.91. The fourth-order valence-electron chi connectivity index (χ4n) is 2.63. The van der Waals surface area contributed by atoms with Gasteiger partial charge in [0.1, 0.15) is 5.69 Å². The number of carbonyl (C=O) groups excluding carboxylic acids is 2. The molecule has 0 aliphatic rings. The van der Waals surface area contributed by atoms with E-state index < -0.39 is 0 Å². The van der Waals surface area contributed by atoms with Crippen molar-refractivity contribution >= 4 is 11.8 Å². The third-order valence-corrected chi connectivity index (χ3v) is 4.27. The maximum absolute atomic E-state index is 12.7. The second-order valence-electron chi connectivity index (χ2n) is 6.30. The Morgan fingerprint density at radius 2 is 1.57 bits per heavy atom. The van der Waals surface area contributed by atoms with E-state index in [2.05, 4.69) is 20.3 Å². The average molecular weight is 375 g/mol. The van der Waals surface area contributed by atoms with E-state index >= 15 is 0 Å². The van der Waals surface area contributed by atoms with Crippen LogP contribution in [0.25, 0.3) is 0 Å². The number of carbonyl (C=O) groups is 2. The predicted molar refractivity (Wildman–Crippen MR) is 105 cm³/mol. The fraction of sp³-hybridized carbons (Fsp3) is 0.190. The predicted octanol–water partition coefficient (Wildman–Crippen LogP) is 2.12. The van der Waals surface area contributed by atoms with Gasteiger partial charge in [-0.1, -0.05) is 0 Å². The van der Waals surface area contributed by atoms with Gasteiger partial charge in [-0.05, 0) is 53.9 Å². The van der Waals surface area contributed by atoms with Crippen LogP contribution in [-0.2, 0) is 13.0 Å². The molecule has 0 fully saturated rings. The topological polar surface area (TPSA) is 88.1 Å². The van der Waals surface area contributed by atoms with Gasteiger partial charge in [0, 0.05) is 56.7 Å². The van der Waals surface area contributed by atoms with Crippen LogP contribution in [0.5, 0.6) is 0 Å². The van der Waals surface area contributed by atoms with Crippen LogP contribution >= 0.6 is 0 Å². The Morgan fingerprint density at radius 1 is 0.929 bits per heavy atom. The summed E-state index contributed by atoms with van der Waals surface area (Å²) in [5.41, 5.74) is 2.69. The van der Waals surface area contributed by atoms with Gasteiger partial charge in [0.15, 0.2) is 0 Å². The minimum absolute atomic E-state index is 0.153. The number of aromatic nitrogens is 3. The highest BCUT2D eigenvalue weighted by atomic mass is 16.2. The van der Waals surface area contributed by atoms with Gasteiger partial charge in [-0.25, -0.2) is 0 Å². The van der Waals surface area contributed by atoms with Crippen molar-refractivity contribution in [3.63, 3.8) is 0 Å². The van der Waals surface area contributed by atoms with Crippen LogP contribution in [0.1, 0.15) is 32.0 Å². The summed E-state index contributed by atoms with van der Waals surface area (Å²) in [6, 6.07) is 10.6. The van der Waals surface area contributed by atoms with Crippen LogP contribution in [0.3, 0.4) is 0 Å². The molecule has 7 heteroatoms. The van der Waals surface area contributed by atoms with E-state index in [0.29, 0.717) is 18.7 Å². The van der Waals surface area contributed by atoms with Crippen LogP contribution in [0.4, 0.5) is 0 Å². The fourth-order valence-corrected chi connectivity index (χ4v) is 2.63. The lowest BCUT2D eigenvalue weighted by atomic mass is 10.1. The van der Waals surface area contributed by atoms with Gasteiger partial charge in [-0.3, -0.25) is 24.5 Å². The highest BCUT2D eigenvalue weighted by molar-refractivity contribution is 5.98. The molecule has 28 heavy (non-hydrogen) atoms. The molecule has 7 nitrogen and oxygen atoms in total. The molecule has 0 aliphatic heterocycles. The molecular formula is C21H21N5O2. The summed E-state index contributed by atoms with van der Waals surface area (Å²) in [5.74, 6) is -0.481. The van der Waals surface area contributed by atoms with Crippen molar-refractivity contribution < 1.29 is 9.59 Å². The number of nitrogens with one attached hydrogen (secondary N) is 1. The minimum Gasteiger partial charge on any atom is -0.347 e. The zero-order valence-corrected chi connectivity index (χ0v) is 15.6. The van der Waals surface area contributed by atoms with Gasteiger partial charge < -0.3 is 10.2 Å². The standard InChI is InChI=1S/C21H21N5O2/c1-26(13-7-16-2-8-22-9-3-16)21(28)18-6-12-24-19(14-18)20(27)25-15-17-4-10-23-11-5-17/h2-6,8-12,14H,7,13,15H2,1H3,(H,25,27). The molecule has 0 radical (unpaired) electrons. The van der Waals surface area contributed by atoms with Crippen molar-refractivity contribution in [1.82, 2.24) is 25.2 Å². The van der Waals surface area contributed by atoms with Gasteiger partial charge in [-0.2, -0.15) is 0 Å². The van der Waals surface area contributed by atoms with E-state index in [1.54, 1.807) is 42.8 Å². The molecular weight excluding hydrogens is 354 g/mol. The molecule has 3 heterocycles. The average Bonchev–Trinajstić information content (AvgIpc) is 2.76. The Morgan fingerprint density at radius 3 is 2.25 bits per heavy atom. The van der Waals surface area contributed by atoms with Gasteiger partial charge in [0.05, 0.1) is 0 Å². The van der Waals surface area contributed by atoms with Crippen molar-refractivity contribution in [3.8, 4) is 0 Å². The molecule has 3 rings (SSSR count). The second-order valence-corrected chi connectivity index (χ2v) is 6.30. The van der Waals surface area contributed by atoms with E-state index in [-0.39, 0.29) is 17.5 Å². The lowest BCUT2D eigenvalue weighted by Crippen LogP contribution is -2.29. The molecule has 142 valence electrons. The normalized spacial score (nSPS) is 10.3. The smallest absolute Gasteiger partial charge is 0.270 e. The van der Waals surface area contributed by atoms with Crippen LogP contribution in [-0.4, -0.2) is 45.3 Å². The molecule has 1 N–H and O–H groups in total. The van der Waals surface area contributed by atoms with Gasteiger partial charge >= 0.3 is 0 Å². The van der Waals surface area contributed by atoms with E-state index in [4.69, 9.17) is 0 Å². The van der Waals surface area contributed by atoms with Crippen LogP contribution < -0.4 is 5.32 Å². The second kappa shape index (κ2) is 9.36. The lowest BCUT2D eigenvalue weighted by Gasteiger charge is -2.17. The zero-order chi connectivity index (χ0) is 19.8. The summed E-state index contributed by atoms with van der Waals surface area (Å²) in [7, 11) is 1.74. The van der Waals surface area contributed by atoms with Crippen molar-refractivity contribution in [2.24, 2.45) is 0 Å². The number of hydrogen-bond acceptors (Lipinski definition) is 5. The van der Waals surface area contributed by atoms with E-state index in [0.717, 1.165) is 17.5 Å². The highest BCUT2D eigenvalue weighted by Gasteiger charge is 2.15. The SMILES string of the molecule is CN(CCc1ccncc1)C(=O)c1ccnc(C(=O)NCc2ccncc2)c1.